The van der Waals surface area contributed by atoms with Crippen molar-refractivity contribution >= 4 is 23.5 Å². The molecule has 0 heterocycles. The lowest BCUT2D eigenvalue weighted by molar-refractivity contribution is -0.126. The second-order valence-corrected chi connectivity index (χ2v) is 6.00. The highest BCUT2D eigenvalue weighted by Crippen LogP contribution is 2.29. The van der Waals surface area contributed by atoms with Gasteiger partial charge >= 0.3 is 5.97 Å². The zero-order valence-electron chi connectivity index (χ0n) is 15.9. The van der Waals surface area contributed by atoms with Gasteiger partial charge in [0.05, 0.1) is 13.7 Å². The van der Waals surface area contributed by atoms with Crippen LogP contribution >= 0.6 is 0 Å². The molecule has 0 radical (unpaired) electrons. The van der Waals surface area contributed by atoms with Crippen LogP contribution in [-0.4, -0.2) is 43.2 Å². The molecule has 2 aromatic carbocycles. The number of anilines is 1. The van der Waals surface area contributed by atoms with Crippen molar-refractivity contribution in [1.29, 1.82) is 0 Å². The monoisotopic (exact) mass is 386 g/mol. The molecule has 8 nitrogen and oxygen atoms in total. The second kappa shape index (κ2) is 9.40. The van der Waals surface area contributed by atoms with Gasteiger partial charge in [0.2, 0.25) is 5.91 Å². The van der Waals surface area contributed by atoms with Gasteiger partial charge in [-0.15, -0.1) is 0 Å². The van der Waals surface area contributed by atoms with Crippen molar-refractivity contribution in [3.8, 4) is 11.5 Å². The van der Waals surface area contributed by atoms with Crippen molar-refractivity contribution in [2.24, 2.45) is 0 Å². The number of phenols is 1. The zero-order chi connectivity index (χ0) is 20.7. The van der Waals surface area contributed by atoms with E-state index in [2.05, 4.69) is 10.6 Å². The molecule has 8 heteroatoms. The molecule has 0 saturated heterocycles. The zero-order valence-corrected chi connectivity index (χ0v) is 15.9. The SMILES string of the molecule is COc1cccc(C(=O)OCC(=O)NCC(=O)Nc2cccc(C)c2C)c1O. The molecule has 0 bridgehead atoms. The second-order valence-electron chi connectivity index (χ2n) is 6.00. The van der Waals surface area contributed by atoms with E-state index in [0.717, 1.165) is 11.1 Å². The van der Waals surface area contributed by atoms with E-state index in [1.807, 2.05) is 26.0 Å². The topological polar surface area (TPSA) is 114 Å². The highest BCUT2D eigenvalue weighted by atomic mass is 16.5. The summed E-state index contributed by atoms with van der Waals surface area (Å²) >= 11 is 0. The van der Waals surface area contributed by atoms with Gasteiger partial charge in [0.1, 0.15) is 5.56 Å². The number of esters is 1. The number of hydrogen-bond acceptors (Lipinski definition) is 6. The van der Waals surface area contributed by atoms with Crippen molar-refractivity contribution in [2.75, 3.05) is 25.6 Å². The van der Waals surface area contributed by atoms with Gasteiger partial charge in [-0.2, -0.15) is 0 Å². The van der Waals surface area contributed by atoms with Crippen LogP contribution in [-0.2, 0) is 14.3 Å². The van der Waals surface area contributed by atoms with Crippen LogP contribution in [0, 0.1) is 13.8 Å². The molecule has 3 N–H and O–H groups in total. The molecular formula is C20H22N2O6. The molecule has 0 spiro atoms. The highest BCUT2D eigenvalue weighted by molar-refractivity contribution is 5.97. The summed E-state index contributed by atoms with van der Waals surface area (Å²) < 4.78 is 9.77. The van der Waals surface area contributed by atoms with E-state index in [-0.39, 0.29) is 23.6 Å². The average molecular weight is 386 g/mol. The van der Waals surface area contributed by atoms with Crippen molar-refractivity contribution in [1.82, 2.24) is 5.32 Å². The van der Waals surface area contributed by atoms with Gasteiger partial charge in [-0.3, -0.25) is 9.59 Å². The van der Waals surface area contributed by atoms with Crippen LogP contribution in [0.5, 0.6) is 11.5 Å². The van der Waals surface area contributed by atoms with Crippen LogP contribution in [0.25, 0.3) is 0 Å². The lowest BCUT2D eigenvalue weighted by Crippen LogP contribution is -2.35. The normalized spacial score (nSPS) is 10.1. The first-order valence-electron chi connectivity index (χ1n) is 8.49. The number of phenolic OH excluding ortho intramolecular Hbond substituents is 1. The minimum absolute atomic E-state index is 0.113. The Balaban J connectivity index is 1.82. The molecule has 0 aliphatic heterocycles. The van der Waals surface area contributed by atoms with Crippen LogP contribution in [0.3, 0.4) is 0 Å². The van der Waals surface area contributed by atoms with E-state index in [1.165, 1.54) is 25.3 Å². The maximum Gasteiger partial charge on any atom is 0.342 e. The number of para-hydroxylation sites is 1. The van der Waals surface area contributed by atoms with E-state index in [4.69, 9.17) is 9.47 Å². The third-order valence-corrected chi connectivity index (χ3v) is 4.10. The number of carbonyl (C=O) groups is 3. The summed E-state index contributed by atoms with van der Waals surface area (Å²) in [5, 5.41) is 15.0. The molecule has 0 unspecified atom stereocenters. The maximum absolute atomic E-state index is 12.0. The van der Waals surface area contributed by atoms with E-state index >= 15 is 0 Å². The van der Waals surface area contributed by atoms with Crippen molar-refractivity contribution in [2.45, 2.75) is 13.8 Å². The summed E-state index contributed by atoms with van der Waals surface area (Å²) in [6.45, 7) is 2.96. The lowest BCUT2D eigenvalue weighted by atomic mass is 10.1. The van der Waals surface area contributed by atoms with E-state index in [9.17, 15) is 19.5 Å². The number of hydrogen-bond donors (Lipinski definition) is 3. The minimum atomic E-state index is -0.883. The fourth-order valence-electron chi connectivity index (χ4n) is 2.37. The molecule has 2 rings (SSSR count). The summed E-state index contributed by atoms with van der Waals surface area (Å²) in [6.07, 6.45) is 0. The van der Waals surface area contributed by atoms with Gasteiger partial charge in [-0.05, 0) is 43.2 Å². The van der Waals surface area contributed by atoms with Gasteiger partial charge in [-0.25, -0.2) is 4.79 Å². The Morgan fingerprint density at radius 1 is 1.04 bits per heavy atom. The van der Waals surface area contributed by atoms with Crippen LogP contribution < -0.4 is 15.4 Å². The summed E-state index contributed by atoms with van der Waals surface area (Å²) in [5.74, 6) is -2.19. The fourth-order valence-corrected chi connectivity index (χ4v) is 2.37. The molecule has 0 fully saturated rings. The molecule has 0 aliphatic rings. The molecule has 0 aliphatic carbocycles. The fraction of sp³-hybridized carbons (Fsp3) is 0.250. The third kappa shape index (κ3) is 5.23. The van der Waals surface area contributed by atoms with Gasteiger partial charge in [0, 0.05) is 5.69 Å². The highest BCUT2D eigenvalue weighted by Gasteiger charge is 2.17. The molecule has 0 saturated carbocycles. The molecule has 0 atom stereocenters. The quantitative estimate of drug-likeness (QED) is 0.627. The number of ether oxygens (including phenoxy) is 2. The Kier molecular flexibility index (Phi) is 6.97. The minimum Gasteiger partial charge on any atom is -0.504 e. The van der Waals surface area contributed by atoms with Crippen LogP contribution in [0.4, 0.5) is 5.69 Å². The molecule has 148 valence electrons. The van der Waals surface area contributed by atoms with E-state index < -0.39 is 24.4 Å². The molecule has 2 amide bonds. The van der Waals surface area contributed by atoms with Gasteiger partial charge in [0.25, 0.3) is 5.91 Å². The van der Waals surface area contributed by atoms with Gasteiger partial charge < -0.3 is 25.2 Å². The number of amides is 2. The predicted molar refractivity (Wildman–Crippen MR) is 102 cm³/mol. The number of aromatic hydroxyl groups is 1. The standard InChI is InChI=1S/C20H22N2O6/c1-12-6-4-8-15(13(12)2)22-17(23)10-21-18(24)11-28-20(26)14-7-5-9-16(27-3)19(14)25/h4-9,25H,10-11H2,1-3H3,(H,21,24)(H,22,23). The molecule has 2 aromatic rings. The number of benzene rings is 2. The molecule has 28 heavy (non-hydrogen) atoms. The molecule has 0 aromatic heterocycles. The Hall–Kier alpha value is -3.55. The Morgan fingerprint density at radius 2 is 1.75 bits per heavy atom. The lowest BCUT2D eigenvalue weighted by Gasteiger charge is -2.11. The van der Waals surface area contributed by atoms with Crippen molar-refractivity contribution < 1.29 is 29.0 Å². The van der Waals surface area contributed by atoms with Crippen molar-refractivity contribution in [3.63, 3.8) is 0 Å². The largest absolute Gasteiger partial charge is 0.504 e. The van der Waals surface area contributed by atoms with Gasteiger partial charge in [0.15, 0.2) is 18.1 Å². The number of methoxy groups -OCH3 is 1. The van der Waals surface area contributed by atoms with E-state index in [1.54, 1.807) is 6.07 Å². The Labute approximate surface area is 162 Å². The summed E-state index contributed by atoms with van der Waals surface area (Å²) in [6, 6.07) is 9.85. The smallest absolute Gasteiger partial charge is 0.342 e. The first-order chi connectivity index (χ1) is 13.3. The first kappa shape index (κ1) is 20.8. The molecular weight excluding hydrogens is 364 g/mol. The number of nitrogens with one attached hydrogen (secondary N) is 2. The van der Waals surface area contributed by atoms with Crippen LogP contribution in [0.1, 0.15) is 21.5 Å². The summed E-state index contributed by atoms with van der Waals surface area (Å²) in [7, 11) is 1.35. The average Bonchev–Trinajstić information content (AvgIpc) is 2.68. The number of aryl methyl sites for hydroxylation is 1. The van der Waals surface area contributed by atoms with E-state index in [0.29, 0.717) is 5.69 Å². The number of rotatable bonds is 7. The maximum atomic E-state index is 12.0. The Bertz CT molecular complexity index is 894. The van der Waals surface area contributed by atoms with Crippen LogP contribution in [0.15, 0.2) is 36.4 Å². The van der Waals surface area contributed by atoms with Crippen LogP contribution in [0.2, 0.25) is 0 Å². The van der Waals surface area contributed by atoms with Crippen molar-refractivity contribution in [3.05, 3.63) is 53.1 Å². The predicted octanol–water partition coefficient (Wildman–Crippen LogP) is 1.93. The Morgan fingerprint density at radius 3 is 2.46 bits per heavy atom. The summed E-state index contributed by atoms with van der Waals surface area (Å²) in [4.78, 5) is 35.8. The third-order valence-electron chi connectivity index (χ3n) is 4.10. The first-order valence-corrected chi connectivity index (χ1v) is 8.49. The number of carbonyl (C=O) groups excluding carboxylic acids is 3. The summed E-state index contributed by atoms with van der Waals surface area (Å²) in [5.41, 5.74) is 2.52. The van der Waals surface area contributed by atoms with Gasteiger partial charge in [-0.1, -0.05) is 18.2 Å².